The van der Waals surface area contributed by atoms with Gasteiger partial charge in [0, 0.05) is 6.20 Å². The molecule has 0 aliphatic heterocycles. The number of nitrogens with zero attached hydrogens (tertiary/aromatic N) is 3. The smallest absolute Gasteiger partial charge is 0.229 e. The monoisotopic (exact) mass is 186 g/mol. The van der Waals surface area contributed by atoms with Gasteiger partial charge in [-0.2, -0.15) is 0 Å². The summed E-state index contributed by atoms with van der Waals surface area (Å²) in [6, 6.07) is 3.72. The molecule has 2 N–H and O–H groups in total. The summed E-state index contributed by atoms with van der Waals surface area (Å²) < 4.78 is 5.42. The van der Waals surface area contributed by atoms with E-state index in [1.165, 1.54) is 6.33 Å². The minimum Gasteiger partial charge on any atom is -0.432 e. The van der Waals surface area contributed by atoms with Crippen molar-refractivity contribution in [3.8, 4) is 0 Å². The maximum atomic E-state index is 5.65. The van der Waals surface area contributed by atoms with Crippen LogP contribution >= 0.6 is 0 Å². The molecule has 14 heavy (non-hydrogen) atoms. The molecular formula is C9H6N4O. The lowest BCUT2D eigenvalue weighted by Gasteiger charge is -1.89. The molecule has 0 unspecified atom stereocenters. The number of hydrogen-bond donors (Lipinski definition) is 1. The van der Waals surface area contributed by atoms with Gasteiger partial charge in [0.2, 0.25) is 5.71 Å². The first-order valence-electron chi connectivity index (χ1n) is 4.10. The summed E-state index contributed by atoms with van der Waals surface area (Å²) in [4.78, 5) is 12.0. The summed E-state index contributed by atoms with van der Waals surface area (Å²) in [5.74, 6) is 0.341. The largest absolute Gasteiger partial charge is 0.432 e. The Bertz CT molecular complexity index is 616. The van der Waals surface area contributed by atoms with E-state index in [4.69, 9.17) is 10.2 Å². The summed E-state index contributed by atoms with van der Waals surface area (Å²) in [7, 11) is 0. The van der Waals surface area contributed by atoms with Gasteiger partial charge in [0.05, 0.1) is 5.39 Å². The Hall–Kier alpha value is -2.17. The number of furan rings is 1. The molecule has 5 heteroatoms. The lowest BCUT2D eigenvalue weighted by molar-refractivity contribution is 0.653. The van der Waals surface area contributed by atoms with Crippen LogP contribution in [0.25, 0.3) is 22.2 Å². The van der Waals surface area contributed by atoms with Crippen LogP contribution in [0.2, 0.25) is 0 Å². The van der Waals surface area contributed by atoms with Crippen LogP contribution in [-0.4, -0.2) is 15.0 Å². The average Bonchev–Trinajstić information content (AvgIpc) is 2.59. The second-order valence-electron chi connectivity index (χ2n) is 2.89. The first-order chi connectivity index (χ1) is 6.86. The van der Waals surface area contributed by atoms with E-state index in [-0.39, 0.29) is 0 Å². The van der Waals surface area contributed by atoms with Crippen LogP contribution in [0.15, 0.2) is 29.1 Å². The molecule has 0 aromatic carbocycles. The van der Waals surface area contributed by atoms with Crippen molar-refractivity contribution in [3.05, 3.63) is 24.7 Å². The van der Waals surface area contributed by atoms with Gasteiger partial charge >= 0.3 is 0 Å². The normalized spacial score (nSPS) is 11.1. The zero-order valence-corrected chi connectivity index (χ0v) is 7.14. The standard InChI is InChI=1S/C9H6N4O/c10-8-7-6(12-4-13-8)5-2-1-3-11-9(5)14-7/h1-4H,(H2,10,12,13). The summed E-state index contributed by atoms with van der Waals surface area (Å²) in [6.45, 7) is 0. The van der Waals surface area contributed by atoms with Crippen LogP contribution in [0.5, 0.6) is 0 Å². The maximum Gasteiger partial charge on any atom is 0.229 e. The van der Waals surface area contributed by atoms with Crippen molar-refractivity contribution in [1.29, 1.82) is 0 Å². The molecule has 3 rings (SSSR count). The van der Waals surface area contributed by atoms with Crippen molar-refractivity contribution >= 4 is 28.0 Å². The highest BCUT2D eigenvalue weighted by molar-refractivity contribution is 6.03. The molecule has 0 aliphatic rings. The number of anilines is 1. The minimum absolute atomic E-state index is 0.341. The molecule has 0 saturated carbocycles. The fraction of sp³-hybridized carbons (Fsp3) is 0. The number of aromatic nitrogens is 3. The average molecular weight is 186 g/mol. The van der Waals surface area contributed by atoms with E-state index in [9.17, 15) is 0 Å². The number of fused-ring (bicyclic) bond motifs is 3. The van der Waals surface area contributed by atoms with E-state index in [1.54, 1.807) is 6.20 Å². The molecule has 0 fully saturated rings. The second kappa shape index (κ2) is 2.41. The Kier molecular flexibility index (Phi) is 1.25. The van der Waals surface area contributed by atoms with Crippen molar-refractivity contribution in [2.45, 2.75) is 0 Å². The van der Waals surface area contributed by atoms with Crippen LogP contribution in [-0.2, 0) is 0 Å². The summed E-state index contributed by atoms with van der Waals surface area (Å²) in [6.07, 6.45) is 3.08. The number of hydrogen-bond acceptors (Lipinski definition) is 5. The zero-order valence-electron chi connectivity index (χ0n) is 7.14. The molecule has 0 atom stereocenters. The minimum atomic E-state index is 0.341. The third-order valence-electron chi connectivity index (χ3n) is 2.06. The predicted octanol–water partition coefficient (Wildman–Crippen LogP) is 1.35. The van der Waals surface area contributed by atoms with Crippen LogP contribution in [0, 0.1) is 0 Å². The highest BCUT2D eigenvalue weighted by Gasteiger charge is 2.10. The van der Waals surface area contributed by atoms with Gasteiger partial charge < -0.3 is 10.2 Å². The highest BCUT2D eigenvalue weighted by atomic mass is 16.3. The van der Waals surface area contributed by atoms with Crippen LogP contribution in [0.1, 0.15) is 0 Å². The van der Waals surface area contributed by atoms with E-state index >= 15 is 0 Å². The molecule has 3 aromatic heterocycles. The Balaban J connectivity index is 2.63. The zero-order chi connectivity index (χ0) is 9.54. The fourth-order valence-electron chi connectivity index (χ4n) is 1.43. The quantitative estimate of drug-likeness (QED) is 0.573. The second-order valence-corrected chi connectivity index (χ2v) is 2.89. The van der Waals surface area contributed by atoms with Crippen molar-refractivity contribution in [3.63, 3.8) is 0 Å². The van der Waals surface area contributed by atoms with Gasteiger partial charge in [0.1, 0.15) is 11.8 Å². The number of pyridine rings is 1. The van der Waals surface area contributed by atoms with Crippen molar-refractivity contribution in [2.75, 3.05) is 5.73 Å². The number of nitrogen functional groups attached to an aromatic ring is 1. The third kappa shape index (κ3) is 0.806. The van der Waals surface area contributed by atoms with Gasteiger partial charge in [-0.3, -0.25) is 0 Å². The molecule has 68 valence electrons. The molecule has 3 heterocycles. The van der Waals surface area contributed by atoms with Crippen LogP contribution < -0.4 is 5.73 Å². The Labute approximate surface area is 78.6 Å². The number of nitrogens with two attached hydrogens (primary N) is 1. The van der Waals surface area contributed by atoms with Crippen molar-refractivity contribution in [1.82, 2.24) is 15.0 Å². The molecule has 0 aliphatic carbocycles. The molecule has 0 spiro atoms. The SMILES string of the molecule is Nc1ncnc2c1oc1ncccc12. The van der Waals surface area contributed by atoms with E-state index in [2.05, 4.69) is 15.0 Å². The fourth-order valence-corrected chi connectivity index (χ4v) is 1.43. The van der Waals surface area contributed by atoms with Gasteiger partial charge in [-0.25, -0.2) is 15.0 Å². The summed E-state index contributed by atoms with van der Waals surface area (Å²) in [5.41, 5.74) is 7.39. The predicted molar refractivity (Wildman–Crippen MR) is 51.5 cm³/mol. The first-order valence-corrected chi connectivity index (χ1v) is 4.10. The van der Waals surface area contributed by atoms with E-state index in [1.807, 2.05) is 12.1 Å². The van der Waals surface area contributed by atoms with E-state index in [0.29, 0.717) is 22.6 Å². The van der Waals surface area contributed by atoms with Gasteiger partial charge in [0.15, 0.2) is 11.4 Å². The van der Waals surface area contributed by atoms with E-state index < -0.39 is 0 Å². The van der Waals surface area contributed by atoms with Crippen molar-refractivity contribution < 1.29 is 4.42 Å². The van der Waals surface area contributed by atoms with Crippen LogP contribution in [0.3, 0.4) is 0 Å². The number of rotatable bonds is 0. The summed E-state index contributed by atoms with van der Waals surface area (Å²) >= 11 is 0. The van der Waals surface area contributed by atoms with Gasteiger partial charge in [0.25, 0.3) is 0 Å². The topological polar surface area (TPSA) is 77.8 Å². The molecule has 0 saturated heterocycles. The van der Waals surface area contributed by atoms with Crippen LogP contribution in [0.4, 0.5) is 5.82 Å². The Morgan fingerprint density at radius 1 is 1.21 bits per heavy atom. The third-order valence-corrected chi connectivity index (χ3v) is 2.06. The Morgan fingerprint density at radius 2 is 2.14 bits per heavy atom. The molecular weight excluding hydrogens is 180 g/mol. The lowest BCUT2D eigenvalue weighted by atomic mass is 10.3. The van der Waals surface area contributed by atoms with E-state index in [0.717, 1.165) is 5.39 Å². The maximum absolute atomic E-state index is 5.65. The van der Waals surface area contributed by atoms with Gasteiger partial charge in [-0.05, 0) is 12.1 Å². The summed E-state index contributed by atoms with van der Waals surface area (Å²) in [5, 5.41) is 0.858. The van der Waals surface area contributed by atoms with Gasteiger partial charge in [-0.1, -0.05) is 0 Å². The molecule has 0 radical (unpaired) electrons. The first kappa shape index (κ1) is 7.25. The molecule has 0 amide bonds. The molecule has 5 nitrogen and oxygen atoms in total. The molecule has 0 bridgehead atoms. The molecule has 3 aromatic rings. The van der Waals surface area contributed by atoms with Crippen molar-refractivity contribution in [2.24, 2.45) is 0 Å². The van der Waals surface area contributed by atoms with Gasteiger partial charge in [-0.15, -0.1) is 0 Å². The Morgan fingerprint density at radius 3 is 3.07 bits per heavy atom. The lowest BCUT2D eigenvalue weighted by Crippen LogP contribution is -1.90. The highest BCUT2D eigenvalue weighted by Crippen LogP contribution is 2.27.